The fourth-order valence-electron chi connectivity index (χ4n) is 2.59. The molecule has 0 fully saturated rings. The molecule has 1 atom stereocenters. The van der Waals surface area contributed by atoms with Crippen molar-refractivity contribution in [3.05, 3.63) is 35.1 Å². The van der Waals surface area contributed by atoms with Crippen molar-refractivity contribution in [1.82, 2.24) is 9.97 Å². The van der Waals surface area contributed by atoms with Gasteiger partial charge in [0.25, 0.3) is 11.8 Å². The Morgan fingerprint density at radius 3 is 2.78 bits per heavy atom. The van der Waals surface area contributed by atoms with Gasteiger partial charge >= 0.3 is 0 Å². The molecule has 1 unspecified atom stereocenters. The Hall–Kier alpha value is -2.21. The third-order valence-electron chi connectivity index (χ3n) is 3.98. The molecule has 1 aromatic carbocycles. The maximum Gasteiger partial charge on any atom is 0.278 e. The van der Waals surface area contributed by atoms with Crippen LogP contribution in [0.1, 0.15) is 19.0 Å². The molecule has 0 bridgehead atoms. The van der Waals surface area contributed by atoms with Gasteiger partial charge in [0.15, 0.2) is 0 Å². The Balaban J connectivity index is 2.01. The van der Waals surface area contributed by atoms with Crippen molar-refractivity contribution in [3.63, 3.8) is 0 Å². The number of hydrogen-bond acceptors (Lipinski definition) is 6. The second-order valence-electron chi connectivity index (χ2n) is 5.26. The highest BCUT2D eigenvalue weighted by Gasteiger charge is 2.38. The maximum atomic E-state index is 6.01. The zero-order valence-electron chi connectivity index (χ0n) is 13.2. The van der Waals surface area contributed by atoms with E-state index in [1.807, 2.05) is 12.1 Å². The second-order valence-corrected chi connectivity index (χ2v) is 5.70. The molecule has 0 saturated heterocycles. The molecule has 1 aliphatic rings. The van der Waals surface area contributed by atoms with E-state index >= 15 is 0 Å². The zero-order valence-corrected chi connectivity index (χ0v) is 14.0. The number of ether oxygens (including phenoxy) is 3. The van der Waals surface area contributed by atoms with Crippen molar-refractivity contribution < 1.29 is 14.2 Å². The van der Waals surface area contributed by atoms with E-state index in [9.17, 15) is 0 Å². The standard InChI is InChI=1S/C16H18ClN3O3/c1-4-16(13-8-18-14(21-2)15(19-13)22-3)9-23-12-7-10(17)5-6-11(12)20-16/h5-8,20H,4,9H2,1-3H3. The first-order valence-electron chi connectivity index (χ1n) is 7.28. The molecular formula is C16H18ClN3O3. The monoisotopic (exact) mass is 335 g/mol. The van der Waals surface area contributed by atoms with Gasteiger partial charge in [-0.25, -0.2) is 9.97 Å². The number of halogens is 1. The number of fused-ring (bicyclic) bond motifs is 1. The summed E-state index contributed by atoms with van der Waals surface area (Å²) in [5.74, 6) is 1.43. The largest absolute Gasteiger partial charge is 0.488 e. The van der Waals surface area contributed by atoms with Gasteiger partial charge in [-0.3, -0.25) is 0 Å². The van der Waals surface area contributed by atoms with E-state index in [1.54, 1.807) is 12.3 Å². The first-order chi connectivity index (χ1) is 11.1. The topological polar surface area (TPSA) is 65.5 Å². The summed E-state index contributed by atoms with van der Waals surface area (Å²) < 4.78 is 16.3. The van der Waals surface area contributed by atoms with Crippen molar-refractivity contribution in [1.29, 1.82) is 0 Å². The van der Waals surface area contributed by atoms with Crippen LogP contribution in [-0.4, -0.2) is 30.8 Å². The van der Waals surface area contributed by atoms with Gasteiger partial charge in [-0.2, -0.15) is 0 Å². The molecular weight excluding hydrogens is 318 g/mol. The number of rotatable bonds is 4. The highest BCUT2D eigenvalue weighted by Crippen LogP contribution is 2.40. The lowest BCUT2D eigenvalue weighted by molar-refractivity contribution is 0.208. The van der Waals surface area contributed by atoms with Gasteiger partial charge in [-0.1, -0.05) is 18.5 Å². The van der Waals surface area contributed by atoms with Crippen molar-refractivity contribution in [2.75, 3.05) is 26.1 Å². The lowest BCUT2D eigenvalue weighted by Gasteiger charge is -2.38. The number of anilines is 1. The molecule has 0 spiro atoms. The van der Waals surface area contributed by atoms with Gasteiger partial charge in [-0.05, 0) is 18.6 Å². The summed E-state index contributed by atoms with van der Waals surface area (Å²) in [6.45, 7) is 2.48. The molecule has 0 saturated carbocycles. The first kappa shape index (κ1) is 15.7. The van der Waals surface area contributed by atoms with E-state index in [-0.39, 0.29) is 0 Å². The predicted octanol–water partition coefficient (Wildman–Crippen LogP) is 3.26. The summed E-state index contributed by atoms with van der Waals surface area (Å²) in [7, 11) is 3.07. The number of benzene rings is 1. The van der Waals surface area contributed by atoms with Crippen LogP contribution in [0.5, 0.6) is 17.5 Å². The molecule has 6 nitrogen and oxygen atoms in total. The van der Waals surface area contributed by atoms with Gasteiger partial charge in [0.2, 0.25) is 0 Å². The number of hydrogen-bond donors (Lipinski definition) is 1. The molecule has 1 N–H and O–H groups in total. The summed E-state index contributed by atoms with van der Waals surface area (Å²) in [5.41, 5.74) is 1.12. The zero-order chi connectivity index (χ0) is 16.4. The molecule has 0 aliphatic carbocycles. The lowest BCUT2D eigenvalue weighted by atomic mass is 9.91. The Morgan fingerprint density at radius 1 is 1.30 bits per heavy atom. The first-order valence-corrected chi connectivity index (χ1v) is 7.65. The highest BCUT2D eigenvalue weighted by molar-refractivity contribution is 6.30. The molecule has 7 heteroatoms. The number of nitrogens with zero attached hydrogens (tertiary/aromatic N) is 2. The van der Waals surface area contributed by atoms with Crippen LogP contribution in [0, 0.1) is 0 Å². The minimum atomic E-state index is -0.493. The minimum Gasteiger partial charge on any atom is -0.488 e. The molecule has 1 aromatic heterocycles. The normalized spacial score (nSPS) is 19.3. The van der Waals surface area contributed by atoms with Crippen LogP contribution in [0.25, 0.3) is 0 Å². The minimum absolute atomic E-state index is 0.349. The van der Waals surface area contributed by atoms with Gasteiger partial charge < -0.3 is 19.5 Å². The SMILES string of the molecule is CCC1(c2cnc(OC)c(OC)n2)COc2cc(Cl)ccc2N1. The summed E-state index contributed by atoms with van der Waals surface area (Å²) >= 11 is 6.01. The van der Waals surface area contributed by atoms with E-state index < -0.39 is 5.54 Å². The Kier molecular flexibility index (Phi) is 4.17. The quantitative estimate of drug-likeness (QED) is 0.925. The third-order valence-corrected chi connectivity index (χ3v) is 4.22. The van der Waals surface area contributed by atoms with Crippen LogP contribution in [0.15, 0.2) is 24.4 Å². The average Bonchev–Trinajstić information content (AvgIpc) is 2.60. The van der Waals surface area contributed by atoms with Crippen LogP contribution in [0.4, 0.5) is 5.69 Å². The fraction of sp³-hybridized carbons (Fsp3) is 0.375. The van der Waals surface area contributed by atoms with Gasteiger partial charge in [0.1, 0.15) is 17.9 Å². The second kappa shape index (κ2) is 6.12. The molecule has 2 heterocycles. The van der Waals surface area contributed by atoms with E-state index in [0.29, 0.717) is 23.4 Å². The fourth-order valence-corrected chi connectivity index (χ4v) is 2.75. The van der Waals surface area contributed by atoms with Crippen molar-refractivity contribution in [2.24, 2.45) is 0 Å². The smallest absolute Gasteiger partial charge is 0.278 e. The van der Waals surface area contributed by atoms with E-state index in [4.69, 9.17) is 25.8 Å². The van der Waals surface area contributed by atoms with Crippen molar-refractivity contribution in [2.45, 2.75) is 18.9 Å². The molecule has 1 aliphatic heterocycles. The van der Waals surface area contributed by atoms with Crippen molar-refractivity contribution >= 4 is 17.3 Å². The average molecular weight is 336 g/mol. The van der Waals surface area contributed by atoms with E-state index in [1.165, 1.54) is 14.2 Å². The molecule has 0 amide bonds. The summed E-state index contributed by atoms with van der Waals surface area (Å²) in [6.07, 6.45) is 2.45. The summed E-state index contributed by atoms with van der Waals surface area (Å²) in [4.78, 5) is 8.82. The summed E-state index contributed by atoms with van der Waals surface area (Å²) in [6, 6.07) is 5.52. The number of aromatic nitrogens is 2. The van der Waals surface area contributed by atoms with Crippen LogP contribution in [-0.2, 0) is 5.54 Å². The van der Waals surface area contributed by atoms with Gasteiger partial charge in [0, 0.05) is 11.1 Å². The van der Waals surface area contributed by atoms with Crippen molar-refractivity contribution in [3.8, 4) is 17.5 Å². The maximum absolute atomic E-state index is 6.01. The van der Waals surface area contributed by atoms with Crippen LogP contribution in [0.2, 0.25) is 5.02 Å². The van der Waals surface area contributed by atoms with E-state index in [2.05, 4.69) is 22.2 Å². The Bertz CT molecular complexity index is 726. The Labute approximate surface area is 139 Å². The van der Waals surface area contributed by atoms with Gasteiger partial charge in [-0.15, -0.1) is 0 Å². The predicted molar refractivity (Wildman–Crippen MR) is 87.7 cm³/mol. The molecule has 3 rings (SSSR count). The lowest BCUT2D eigenvalue weighted by Crippen LogP contribution is -2.44. The molecule has 122 valence electrons. The Morgan fingerprint density at radius 2 is 2.09 bits per heavy atom. The van der Waals surface area contributed by atoms with Gasteiger partial charge in [0.05, 0.1) is 31.8 Å². The van der Waals surface area contributed by atoms with Crippen LogP contribution in [0.3, 0.4) is 0 Å². The highest BCUT2D eigenvalue weighted by atomic mass is 35.5. The molecule has 0 radical (unpaired) electrons. The van der Waals surface area contributed by atoms with Crippen LogP contribution >= 0.6 is 11.6 Å². The van der Waals surface area contributed by atoms with E-state index in [0.717, 1.165) is 23.6 Å². The number of methoxy groups -OCH3 is 2. The number of nitrogens with one attached hydrogen (secondary N) is 1. The molecule has 2 aromatic rings. The third kappa shape index (κ3) is 2.74. The molecule has 23 heavy (non-hydrogen) atoms. The van der Waals surface area contributed by atoms with Crippen LogP contribution < -0.4 is 19.5 Å². The summed E-state index contributed by atoms with van der Waals surface area (Å²) in [5, 5.41) is 4.15.